The average molecular weight is 471 g/mol. The van der Waals surface area contributed by atoms with E-state index in [-0.39, 0.29) is 5.91 Å². The van der Waals surface area contributed by atoms with Crippen molar-refractivity contribution in [1.82, 2.24) is 29.7 Å². The monoisotopic (exact) mass is 470 g/mol. The first-order valence-corrected chi connectivity index (χ1v) is 11.8. The van der Waals surface area contributed by atoms with E-state index in [0.29, 0.717) is 24.2 Å². The summed E-state index contributed by atoms with van der Waals surface area (Å²) in [7, 11) is 3.46. The van der Waals surface area contributed by atoms with E-state index in [2.05, 4.69) is 56.7 Å². The summed E-state index contributed by atoms with van der Waals surface area (Å²) < 4.78 is 2.01. The molecule has 1 aliphatic rings. The zero-order chi connectivity index (χ0) is 24.4. The van der Waals surface area contributed by atoms with Crippen molar-refractivity contribution in [3.63, 3.8) is 0 Å². The molecule has 0 radical (unpaired) electrons. The maximum absolute atomic E-state index is 12.6. The maximum Gasteiger partial charge on any atom is 0.272 e. The molecule has 0 bridgehead atoms. The molecule has 4 heterocycles. The highest BCUT2D eigenvalue weighted by molar-refractivity contribution is 5.93. The zero-order valence-corrected chi connectivity index (χ0v) is 20.3. The zero-order valence-electron chi connectivity index (χ0n) is 20.3. The number of nitrogens with zero attached hydrogens (tertiary/aromatic N) is 6. The number of hydrogen-bond acceptors (Lipinski definition) is 7. The lowest BCUT2D eigenvalue weighted by Crippen LogP contribution is -2.49. The van der Waals surface area contributed by atoms with Crippen LogP contribution >= 0.6 is 0 Å². The Bertz CT molecular complexity index is 1330. The van der Waals surface area contributed by atoms with Gasteiger partial charge in [0.05, 0.1) is 6.54 Å². The van der Waals surface area contributed by atoms with Gasteiger partial charge in [0, 0.05) is 80.7 Å². The quantitative estimate of drug-likeness (QED) is 0.447. The molecule has 9 nitrogen and oxygen atoms in total. The third-order valence-corrected chi connectivity index (χ3v) is 6.20. The van der Waals surface area contributed by atoms with Crippen LogP contribution in [0, 0.1) is 0 Å². The van der Waals surface area contributed by atoms with Gasteiger partial charge in [-0.05, 0) is 43.3 Å². The minimum absolute atomic E-state index is 0.118. The number of hydrogen-bond donors (Lipinski definition) is 2. The van der Waals surface area contributed by atoms with Gasteiger partial charge in [0.15, 0.2) is 0 Å². The SMILES string of the molecule is C[C@@H]1CN(c2ccc(Nc3ncc4ccn(Cc5cccnc5C(=O)N(C)C)c4n3)cc2)CCN1. The molecule has 1 aliphatic heterocycles. The van der Waals surface area contributed by atoms with Crippen molar-refractivity contribution >= 4 is 34.3 Å². The lowest BCUT2D eigenvalue weighted by molar-refractivity contribution is 0.0820. The predicted octanol–water partition coefficient (Wildman–Crippen LogP) is 3.12. The van der Waals surface area contributed by atoms with Gasteiger partial charge in [-0.3, -0.25) is 9.78 Å². The number of rotatable bonds is 6. The van der Waals surface area contributed by atoms with Crippen LogP contribution in [0.4, 0.5) is 17.3 Å². The number of carbonyl (C=O) groups excluding carboxylic acids is 1. The predicted molar refractivity (Wildman–Crippen MR) is 138 cm³/mol. The van der Waals surface area contributed by atoms with Gasteiger partial charge in [-0.25, -0.2) is 4.98 Å². The fourth-order valence-corrected chi connectivity index (χ4v) is 4.36. The minimum Gasteiger partial charge on any atom is -0.369 e. The van der Waals surface area contributed by atoms with Crippen LogP contribution in [0.25, 0.3) is 11.0 Å². The molecule has 0 unspecified atom stereocenters. The Morgan fingerprint density at radius 1 is 1.17 bits per heavy atom. The third-order valence-electron chi connectivity index (χ3n) is 6.20. The summed E-state index contributed by atoms with van der Waals surface area (Å²) in [6.07, 6.45) is 5.42. The lowest BCUT2D eigenvalue weighted by Gasteiger charge is -2.33. The summed E-state index contributed by atoms with van der Waals surface area (Å²) in [5.41, 5.74) is 4.23. The average Bonchev–Trinajstić information content (AvgIpc) is 3.26. The van der Waals surface area contributed by atoms with Gasteiger partial charge in [-0.2, -0.15) is 4.98 Å². The lowest BCUT2D eigenvalue weighted by atomic mass is 10.1. The number of anilines is 3. The van der Waals surface area contributed by atoms with E-state index in [4.69, 9.17) is 4.98 Å². The van der Waals surface area contributed by atoms with Gasteiger partial charge < -0.3 is 25.0 Å². The van der Waals surface area contributed by atoms with Crippen molar-refractivity contribution in [1.29, 1.82) is 0 Å². The second-order valence-electron chi connectivity index (χ2n) is 9.10. The molecule has 5 rings (SSSR count). The summed E-state index contributed by atoms with van der Waals surface area (Å²) in [5.74, 6) is 0.407. The smallest absolute Gasteiger partial charge is 0.272 e. The van der Waals surface area contributed by atoms with Crippen molar-refractivity contribution in [2.45, 2.75) is 19.5 Å². The fourth-order valence-electron chi connectivity index (χ4n) is 4.36. The first-order chi connectivity index (χ1) is 17.0. The molecular formula is C26H30N8O. The Kier molecular flexibility index (Phi) is 6.33. The first kappa shape index (κ1) is 22.8. The highest BCUT2D eigenvalue weighted by Crippen LogP contribution is 2.23. The normalized spacial score (nSPS) is 15.9. The number of pyridine rings is 1. The van der Waals surface area contributed by atoms with E-state index in [1.54, 1.807) is 20.3 Å². The standard InChI is InChI=1S/C26H30N8O/c1-18-16-33(14-12-27-18)22-8-6-21(7-9-22)30-26-29-15-19-10-13-34(24(19)31-26)17-20-5-4-11-28-23(20)25(35)32(2)3/h4-11,13,15,18,27H,12,14,16-17H2,1-3H3,(H,29,30,31)/t18-/m1/s1. The van der Waals surface area contributed by atoms with Crippen LogP contribution in [-0.2, 0) is 6.54 Å². The molecule has 1 atom stereocenters. The van der Waals surface area contributed by atoms with Crippen LogP contribution in [0.15, 0.2) is 61.1 Å². The van der Waals surface area contributed by atoms with Crippen LogP contribution in [0.1, 0.15) is 23.0 Å². The van der Waals surface area contributed by atoms with Crippen molar-refractivity contribution in [3.05, 3.63) is 72.3 Å². The van der Waals surface area contributed by atoms with Crippen molar-refractivity contribution in [2.24, 2.45) is 0 Å². The number of benzene rings is 1. The Balaban J connectivity index is 1.35. The van der Waals surface area contributed by atoms with Gasteiger partial charge >= 0.3 is 0 Å². The number of aromatic nitrogens is 4. The van der Waals surface area contributed by atoms with Crippen LogP contribution < -0.4 is 15.5 Å². The molecular weight excluding hydrogens is 440 g/mol. The highest BCUT2D eigenvalue weighted by Gasteiger charge is 2.17. The van der Waals surface area contributed by atoms with E-state index >= 15 is 0 Å². The summed E-state index contributed by atoms with van der Waals surface area (Å²) in [6, 6.07) is 14.6. The van der Waals surface area contributed by atoms with Crippen LogP contribution in [0.2, 0.25) is 0 Å². The van der Waals surface area contributed by atoms with Crippen LogP contribution in [0.5, 0.6) is 0 Å². The number of piperazine rings is 1. The maximum atomic E-state index is 12.6. The second kappa shape index (κ2) is 9.71. The number of fused-ring (bicyclic) bond motifs is 1. The van der Waals surface area contributed by atoms with E-state index < -0.39 is 0 Å². The summed E-state index contributed by atoms with van der Waals surface area (Å²) in [4.78, 5) is 30.1. The Hall–Kier alpha value is -3.98. The molecule has 9 heteroatoms. The molecule has 0 saturated carbocycles. The largest absolute Gasteiger partial charge is 0.369 e. The van der Waals surface area contributed by atoms with E-state index in [9.17, 15) is 4.79 Å². The summed E-state index contributed by atoms with van der Waals surface area (Å²) in [5, 5.41) is 7.73. The van der Waals surface area contributed by atoms with Crippen molar-refractivity contribution in [3.8, 4) is 0 Å². The topological polar surface area (TPSA) is 91.2 Å². The molecule has 0 aliphatic carbocycles. The van der Waals surface area contributed by atoms with Gasteiger partial charge in [0.2, 0.25) is 5.95 Å². The summed E-state index contributed by atoms with van der Waals surface area (Å²) >= 11 is 0. The molecule has 1 saturated heterocycles. The fraction of sp³-hybridized carbons (Fsp3) is 0.308. The number of carbonyl (C=O) groups is 1. The summed E-state index contributed by atoms with van der Waals surface area (Å²) in [6.45, 7) is 5.70. The minimum atomic E-state index is -0.118. The molecule has 1 aromatic carbocycles. The number of amides is 1. The highest BCUT2D eigenvalue weighted by atomic mass is 16.2. The molecule has 3 aromatic heterocycles. The van der Waals surface area contributed by atoms with Crippen molar-refractivity contribution < 1.29 is 4.79 Å². The van der Waals surface area contributed by atoms with Gasteiger partial charge in [0.1, 0.15) is 11.3 Å². The molecule has 180 valence electrons. The molecule has 0 spiro atoms. The van der Waals surface area contributed by atoms with E-state index in [0.717, 1.165) is 41.9 Å². The van der Waals surface area contributed by atoms with E-state index in [1.165, 1.54) is 10.6 Å². The number of nitrogens with one attached hydrogen (secondary N) is 2. The van der Waals surface area contributed by atoms with Crippen LogP contribution in [-0.4, -0.2) is 70.1 Å². The van der Waals surface area contributed by atoms with E-state index in [1.807, 2.05) is 35.2 Å². The Morgan fingerprint density at radius 3 is 2.77 bits per heavy atom. The molecule has 1 fully saturated rings. The molecule has 35 heavy (non-hydrogen) atoms. The van der Waals surface area contributed by atoms with Crippen LogP contribution in [0.3, 0.4) is 0 Å². The van der Waals surface area contributed by atoms with Gasteiger partial charge in [-0.1, -0.05) is 6.07 Å². The molecule has 4 aromatic rings. The van der Waals surface area contributed by atoms with Crippen molar-refractivity contribution in [2.75, 3.05) is 43.9 Å². The van der Waals surface area contributed by atoms with Gasteiger partial charge in [-0.15, -0.1) is 0 Å². The first-order valence-electron chi connectivity index (χ1n) is 11.8. The third kappa shape index (κ3) is 4.95. The Labute approximate surface area is 204 Å². The second-order valence-corrected chi connectivity index (χ2v) is 9.10. The Morgan fingerprint density at radius 2 is 2.00 bits per heavy atom. The molecule has 1 amide bonds. The van der Waals surface area contributed by atoms with Gasteiger partial charge in [0.25, 0.3) is 5.91 Å². The molecule has 2 N–H and O–H groups in total.